The van der Waals surface area contributed by atoms with Crippen LogP contribution in [0.25, 0.3) is 0 Å². The molecule has 1 heterocycles. The number of benzene rings is 2. The SMILES string of the molecule is COc1ccc(S(=O)(=O)N2CCC(NC(=O)CSCC(=O)Nc3ccc(F)cc3)CC2)cc1. The molecule has 2 aromatic rings. The monoisotopic (exact) mass is 495 g/mol. The summed E-state index contributed by atoms with van der Waals surface area (Å²) >= 11 is 1.17. The Kier molecular flexibility index (Phi) is 8.70. The third-order valence-corrected chi connectivity index (χ3v) is 7.96. The molecule has 0 atom stereocenters. The summed E-state index contributed by atoms with van der Waals surface area (Å²) in [6, 6.07) is 11.6. The number of anilines is 1. The minimum Gasteiger partial charge on any atom is -0.497 e. The zero-order valence-electron chi connectivity index (χ0n) is 18.1. The van der Waals surface area contributed by atoms with Gasteiger partial charge in [0.05, 0.1) is 23.5 Å². The number of nitrogens with one attached hydrogen (secondary N) is 2. The molecule has 1 fully saturated rings. The van der Waals surface area contributed by atoms with Crippen LogP contribution in [0.15, 0.2) is 53.4 Å². The number of hydrogen-bond donors (Lipinski definition) is 2. The first-order valence-electron chi connectivity index (χ1n) is 10.3. The summed E-state index contributed by atoms with van der Waals surface area (Å²) in [5.74, 6) is -0.0863. The van der Waals surface area contributed by atoms with Gasteiger partial charge in [-0.2, -0.15) is 4.31 Å². The molecule has 0 aromatic heterocycles. The Bertz CT molecular complexity index is 1050. The predicted molar refractivity (Wildman–Crippen MR) is 125 cm³/mol. The van der Waals surface area contributed by atoms with Crippen LogP contribution in [-0.2, 0) is 19.6 Å². The van der Waals surface area contributed by atoms with E-state index in [0.717, 1.165) is 0 Å². The smallest absolute Gasteiger partial charge is 0.243 e. The highest BCUT2D eigenvalue weighted by molar-refractivity contribution is 8.00. The number of nitrogens with zero attached hydrogens (tertiary/aromatic N) is 1. The molecule has 11 heteroatoms. The number of rotatable bonds is 9. The quantitative estimate of drug-likeness (QED) is 0.554. The normalized spacial score (nSPS) is 15.1. The Morgan fingerprint density at radius 3 is 2.24 bits per heavy atom. The number of sulfonamides is 1. The molecule has 0 saturated carbocycles. The predicted octanol–water partition coefficient (Wildman–Crippen LogP) is 2.48. The highest BCUT2D eigenvalue weighted by Gasteiger charge is 2.30. The van der Waals surface area contributed by atoms with E-state index in [1.54, 1.807) is 12.1 Å². The van der Waals surface area contributed by atoms with Crippen molar-refractivity contribution in [2.45, 2.75) is 23.8 Å². The van der Waals surface area contributed by atoms with Crippen molar-refractivity contribution in [1.29, 1.82) is 0 Å². The summed E-state index contributed by atoms with van der Waals surface area (Å²) in [6.07, 6.45) is 1.02. The number of ether oxygens (including phenoxy) is 1. The minimum atomic E-state index is -3.60. The van der Waals surface area contributed by atoms with E-state index in [4.69, 9.17) is 4.74 Å². The van der Waals surface area contributed by atoms with Gasteiger partial charge in [0.2, 0.25) is 21.8 Å². The number of halogens is 1. The summed E-state index contributed by atoms with van der Waals surface area (Å²) in [6.45, 7) is 0.624. The highest BCUT2D eigenvalue weighted by Crippen LogP contribution is 2.23. The third-order valence-electron chi connectivity index (χ3n) is 5.11. The fourth-order valence-electron chi connectivity index (χ4n) is 3.37. The number of amides is 2. The fourth-order valence-corrected chi connectivity index (χ4v) is 5.47. The standard InChI is InChI=1S/C22H26FN3O5S2/c1-31-19-6-8-20(9-7-19)33(29,30)26-12-10-18(11-13-26)25-22(28)15-32-14-21(27)24-17-4-2-16(23)3-5-17/h2-9,18H,10-15H2,1H3,(H,24,27)(H,25,28). The molecule has 1 aliphatic rings. The summed E-state index contributed by atoms with van der Waals surface area (Å²) < 4.78 is 45.0. The molecule has 2 amide bonds. The van der Waals surface area contributed by atoms with E-state index in [-0.39, 0.29) is 40.1 Å². The topological polar surface area (TPSA) is 105 Å². The lowest BCUT2D eigenvalue weighted by Crippen LogP contribution is -2.46. The van der Waals surface area contributed by atoms with Crippen LogP contribution in [0.1, 0.15) is 12.8 Å². The number of thioether (sulfide) groups is 1. The van der Waals surface area contributed by atoms with Crippen LogP contribution in [0.2, 0.25) is 0 Å². The Morgan fingerprint density at radius 2 is 1.64 bits per heavy atom. The molecule has 3 rings (SSSR count). The summed E-state index contributed by atoms with van der Waals surface area (Å²) in [7, 11) is -2.08. The van der Waals surface area contributed by atoms with Crippen LogP contribution in [-0.4, -0.2) is 62.3 Å². The molecule has 1 aliphatic heterocycles. The molecule has 178 valence electrons. The highest BCUT2D eigenvalue weighted by atomic mass is 32.2. The number of methoxy groups -OCH3 is 1. The lowest BCUT2D eigenvalue weighted by atomic mass is 10.1. The molecular weight excluding hydrogens is 469 g/mol. The zero-order chi connectivity index (χ0) is 23.8. The van der Waals surface area contributed by atoms with Gasteiger partial charge < -0.3 is 15.4 Å². The Hall–Kier alpha value is -2.63. The van der Waals surface area contributed by atoms with Crippen molar-refractivity contribution in [2.75, 3.05) is 37.0 Å². The molecule has 1 saturated heterocycles. The van der Waals surface area contributed by atoms with Crippen molar-refractivity contribution < 1.29 is 27.1 Å². The summed E-state index contributed by atoms with van der Waals surface area (Å²) in [4.78, 5) is 24.3. The molecule has 0 unspecified atom stereocenters. The van der Waals surface area contributed by atoms with E-state index in [1.807, 2.05) is 0 Å². The Balaban J connectivity index is 1.38. The average Bonchev–Trinajstić information content (AvgIpc) is 2.81. The van der Waals surface area contributed by atoms with Gasteiger partial charge in [-0.15, -0.1) is 11.8 Å². The number of carbonyl (C=O) groups is 2. The first kappa shape index (κ1) is 25.0. The van der Waals surface area contributed by atoms with Crippen molar-refractivity contribution in [3.63, 3.8) is 0 Å². The molecule has 8 nitrogen and oxygen atoms in total. The van der Waals surface area contributed by atoms with Crippen LogP contribution in [0.4, 0.5) is 10.1 Å². The van der Waals surface area contributed by atoms with E-state index >= 15 is 0 Å². The summed E-state index contributed by atoms with van der Waals surface area (Å²) in [5.41, 5.74) is 0.489. The number of hydrogen-bond acceptors (Lipinski definition) is 6. The number of carbonyl (C=O) groups excluding carboxylic acids is 2. The fraction of sp³-hybridized carbons (Fsp3) is 0.364. The average molecular weight is 496 g/mol. The van der Waals surface area contributed by atoms with E-state index in [2.05, 4.69) is 10.6 Å². The molecule has 0 bridgehead atoms. The first-order chi connectivity index (χ1) is 15.8. The van der Waals surface area contributed by atoms with Gasteiger partial charge in [0.15, 0.2) is 0 Å². The van der Waals surface area contributed by atoms with Crippen LogP contribution < -0.4 is 15.4 Å². The lowest BCUT2D eigenvalue weighted by molar-refractivity contribution is -0.119. The third kappa shape index (κ3) is 7.18. The van der Waals surface area contributed by atoms with Gasteiger partial charge in [-0.1, -0.05) is 0 Å². The van der Waals surface area contributed by atoms with Crippen LogP contribution in [0, 0.1) is 5.82 Å². The number of piperidine rings is 1. The van der Waals surface area contributed by atoms with Crippen molar-refractivity contribution in [3.05, 3.63) is 54.3 Å². The van der Waals surface area contributed by atoms with Gasteiger partial charge >= 0.3 is 0 Å². The second-order valence-corrected chi connectivity index (χ2v) is 10.4. The molecule has 0 spiro atoms. The summed E-state index contributed by atoms with van der Waals surface area (Å²) in [5, 5.41) is 5.54. The molecular formula is C22H26FN3O5S2. The van der Waals surface area contributed by atoms with Gasteiger partial charge in [-0.3, -0.25) is 9.59 Å². The van der Waals surface area contributed by atoms with E-state index in [1.165, 1.54) is 59.6 Å². The van der Waals surface area contributed by atoms with Crippen molar-refractivity contribution in [3.8, 4) is 5.75 Å². The van der Waals surface area contributed by atoms with Crippen molar-refractivity contribution >= 4 is 39.3 Å². The maximum atomic E-state index is 12.9. The maximum Gasteiger partial charge on any atom is 0.243 e. The van der Waals surface area contributed by atoms with Gasteiger partial charge in [-0.05, 0) is 61.4 Å². The maximum absolute atomic E-state index is 12.9. The molecule has 2 N–H and O–H groups in total. The Morgan fingerprint density at radius 1 is 1.03 bits per heavy atom. The van der Waals surface area contributed by atoms with Crippen molar-refractivity contribution in [1.82, 2.24) is 9.62 Å². The second kappa shape index (κ2) is 11.5. The van der Waals surface area contributed by atoms with E-state index < -0.39 is 10.0 Å². The van der Waals surface area contributed by atoms with E-state index in [9.17, 15) is 22.4 Å². The van der Waals surface area contributed by atoms with Crippen LogP contribution in [0.3, 0.4) is 0 Å². The van der Waals surface area contributed by atoms with Gasteiger partial charge in [0.25, 0.3) is 0 Å². The lowest BCUT2D eigenvalue weighted by Gasteiger charge is -2.31. The van der Waals surface area contributed by atoms with Gasteiger partial charge in [0, 0.05) is 24.8 Å². The Labute approximate surface area is 196 Å². The zero-order valence-corrected chi connectivity index (χ0v) is 19.8. The van der Waals surface area contributed by atoms with Gasteiger partial charge in [-0.25, -0.2) is 12.8 Å². The largest absolute Gasteiger partial charge is 0.497 e. The van der Waals surface area contributed by atoms with Crippen molar-refractivity contribution in [2.24, 2.45) is 0 Å². The molecule has 0 aliphatic carbocycles. The second-order valence-electron chi connectivity index (χ2n) is 7.47. The minimum absolute atomic E-state index is 0.0867. The molecule has 33 heavy (non-hydrogen) atoms. The molecule has 2 aromatic carbocycles. The molecule has 0 radical (unpaired) electrons. The van der Waals surface area contributed by atoms with Crippen LogP contribution >= 0.6 is 11.8 Å². The van der Waals surface area contributed by atoms with Gasteiger partial charge in [0.1, 0.15) is 11.6 Å². The van der Waals surface area contributed by atoms with Crippen LogP contribution in [0.5, 0.6) is 5.75 Å². The van der Waals surface area contributed by atoms with E-state index in [0.29, 0.717) is 37.4 Å². The first-order valence-corrected chi connectivity index (χ1v) is 12.9.